The summed E-state index contributed by atoms with van der Waals surface area (Å²) in [7, 11) is 0. The second-order valence-corrected chi connectivity index (χ2v) is 3.24. The minimum Gasteiger partial charge on any atom is -0.392 e. The first kappa shape index (κ1) is 10.8. The van der Waals surface area contributed by atoms with Crippen LogP contribution in [0.1, 0.15) is 13.8 Å². The Bertz CT molecular complexity index is 128. The topological polar surface area (TPSA) is 29.3 Å². The first-order valence-electron chi connectivity index (χ1n) is 3.66. The lowest BCUT2D eigenvalue weighted by Crippen LogP contribution is -2.38. The van der Waals surface area contributed by atoms with Gasteiger partial charge in [-0.15, -0.1) is 0 Å². The summed E-state index contributed by atoms with van der Waals surface area (Å²) in [4.78, 5) is 2.33. The Balaban J connectivity index is 3.79. The summed E-state index contributed by atoms with van der Waals surface area (Å²) in [5.74, 6) is 0. The fourth-order valence-electron chi connectivity index (χ4n) is 0.829. The van der Waals surface area contributed by atoms with Crippen LogP contribution in [0, 0.1) is 0 Å². The number of rotatable bonds is 5. The van der Waals surface area contributed by atoms with Gasteiger partial charge in [0.15, 0.2) is 0 Å². The molecule has 4 heteroatoms. The largest absolute Gasteiger partial charge is 0.392 e. The van der Waals surface area contributed by atoms with E-state index >= 15 is 0 Å². The molecule has 2 N–H and O–H groups in total. The molecule has 0 aliphatic carbocycles. The van der Waals surface area contributed by atoms with Crippen molar-refractivity contribution >= 4 is 17.2 Å². The first-order valence-corrected chi connectivity index (χ1v) is 4.07. The van der Waals surface area contributed by atoms with E-state index in [0.717, 1.165) is 0 Å². The molecule has 0 aliphatic rings. The average Bonchev–Trinajstić information content (AvgIpc) is 1.86. The standard InChI is InChI=1S/C7H15FN2S/c1-6(2)10(4-3-8)5-7(9)11/h6H,3-5H2,1-2H3,(H2,9,11). The lowest BCUT2D eigenvalue weighted by atomic mass is 10.3. The molecule has 0 aliphatic heterocycles. The number of hydrogen-bond acceptors (Lipinski definition) is 2. The van der Waals surface area contributed by atoms with Crippen molar-refractivity contribution in [3.63, 3.8) is 0 Å². The molecular formula is C7H15FN2S. The van der Waals surface area contributed by atoms with Crippen molar-refractivity contribution in [2.75, 3.05) is 19.8 Å². The molecule has 0 saturated heterocycles. The summed E-state index contributed by atoms with van der Waals surface area (Å²) in [5, 5.41) is 0. The zero-order chi connectivity index (χ0) is 8.85. The average molecular weight is 178 g/mol. The van der Waals surface area contributed by atoms with Crippen LogP contribution in [0.4, 0.5) is 4.39 Å². The Labute approximate surface area is 72.6 Å². The lowest BCUT2D eigenvalue weighted by Gasteiger charge is -2.24. The number of hydrogen-bond donors (Lipinski definition) is 1. The smallest absolute Gasteiger partial charge is 0.102 e. The Morgan fingerprint density at radius 2 is 2.18 bits per heavy atom. The van der Waals surface area contributed by atoms with E-state index in [9.17, 15) is 4.39 Å². The van der Waals surface area contributed by atoms with Gasteiger partial charge in [0.05, 0.1) is 4.99 Å². The molecule has 11 heavy (non-hydrogen) atoms. The molecule has 0 rings (SSSR count). The third-order valence-electron chi connectivity index (χ3n) is 1.46. The van der Waals surface area contributed by atoms with Gasteiger partial charge in [-0.25, -0.2) is 4.39 Å². The Hall–Kier alpha value is -0.220. The molecule has 0 saturated carbocycles. The normalized spacial score (nSPS) is 11.0. The highest BCUT2D eigenvalue weighted by Gasteiger charge is 2.08. The molecular weight excluding hydrogens is 163 g/mol. The van der Waals surface area contributed by atoms with Crippen molar-refractivity contribution in [3.05, 3.63) is 0 Å². The molecule has 0 heterocycles. The zero-order valence-electron chi connectivity index (χ0n) is 7.01. The molecule has 0 aromatic carbocycles. The molecule has 0 aromatic heterocycles. The fourth-order valence-corrected chi connectivity index (χ4v) is 0.994. The van der Waals surface area contributed by atoms with Gasteiger partial charge in [-0.1, -0.05) is 12.2 Å². The third kappa shape index (κ3) is 5.09. The van der Waals surface area contributed by atoms with E-state index in [1.807, 2.05) is 18.7 Å². The van der Waals surface area contributed by atoms with Crippen LogP contribution in [-0.2, 0) is 0 Å². The highest BCUT2D eigenvalue weighted by molar-refractivity contribution is 7.80. The highest BCUT2D eigenvalue weighted by atomic mass is 32.1. The number of alkyl halides is 1. The predicted molar refractivity (Wildman–Crippen MR) is 49.5 cm³/mol. The summed E-state index contributed by atoms with van der Waals surface area (Å²) < 4.78 is 11.9. The maximum Gasteiger partial charge on any atom is 0.102 e. The fraction of sp³-hybridized carbons (Fsp3) is 0.857. The molecule has 0 radical (unpaired) electrons. The van der Waals surface area contributed by atoms with Gasteiger partial charge in [0.2, 0.25) is 0 Å². The van der Waals surface area contributed by atoms with Crippen molar-refractivity contribution in [2.24, 2.45) is 5.73 Å². The molecule has 66 valence electrons. The Morgan fingerprint density at radius 1 is 1.64 bits per heavy atom. The van der Waals surface area contributed by atoms with E-state index < -0.39 is 0 Å². The van der Waals surface area contributed by atoms with E-state index in [2.05, 4.69) is 0 Å². The summed E-state index contributed by atoms with van der Waals surface area (Å²) in [5.41, 5.74) is 5.33. The molecule has 0 atom stereocenters. The van der Waals surface area contributed by atoms with Gasteiger partial charge in [0, 0.05) is 19.1 Å². The van der Waals surface area contributed by atoms with E-state index in [1.54, 1.807) is 0 Å². The molecule has 0 unspecified atom stereocenters. The lowest BCUT2D eigenvalue weighted by molar-refractivity contribution is 0.231. The number of nitrogens with zero attached hydrogens (tertiary/aromatic N) is 1. The molecule has 0 spiro atoms. The van der Waals surface area contributed by atoms with Gasteiger partial charge in [0.1, 0.15) is 6.67 Å². The van der Waals surface area contributed by atoms with Crippen LogP contribution in [0.5, 0.6) is 0 Å². The van der Waals surface area contributed by atoms with Crippen molar-refractivity contribution < 1.29 is 4.39 Å². The van der Waals surface area contributed by atoms with Gasteiger partial charge in [0.25, 0.3) is 0 Å². The van der Waals surface area contributed by atoms with Crippen molar-refractivity contribution in [1.82, 2.24) is 4.90 Å². The van der Waals surface area contributed by atoms with E-state index in [-0.39, 0.29) is 6.67 Å². The van der Waals surface area contributed by atoms with E-state index in [0.29, 0.717) is 24.1 Å². The minimum atomic E-state index is -0.346. The monoisotopic (exact) mass is 178 g/mol. The second-order valence-electron chi connectivity index (χ2n) is 2.72. The van der Waals surface area contributed by atoms with E-state index in [1.165, 1.54) is 0 Å². The molecule has 0 amide bonds. The van der Waals surface area contributed by atoms with Crippen LogP contribution in [0.3, 0.4) is 0 Å². The van der Waals surface area contributed by atoms with Gasteiger partial charge >= 0.3 is 0 Å². The summed E-state index contributed by atoms with van der Waals surface area (Å²) in [6.07, 6.45) is 0. The number of nitrogens with two attached hydrogens (primary N) is 1. The molecule has 2 nitrogen and oxygen atoms in total. The maximum atomic E-state index is 11.9. The zero-order valence-corrected chi connectivity index (χ0v) is 7.83. The third-order valence-corrected chi connectivity index (χ3v) is 1.59. The van der Waals surface area contributed by atoms with Gasteiger partial charge in [-0.3, -0.25) is 4.90 Å². The van der Waals surface area contributed by atoms with Gasteiger partial charge < -0.3 is 5.73 Å². The van der Waals surface area contributed by atoms with E-state index in [4.69, 9.17) is 18.0 Å². The second kappa shape index (κ2) is 5.43. The molecule has 0 fully saturated rings. The van der Waals surface area contributed by atoms with Crippen LogP contribution < -0.4 is 5.73 Å². The highest BCUT2D eigenvalue weighted by Crippen LogP contribution is 1.96. The summed E-state index contributed by atoms with van der Waals surface area (Å²) in [6.45, 7) is 4.56. The van der Waals surface area contributed by atoms with Crippen molar-refractivity contribution in [3.8, 4) is 0 Å². The van der Waals surface area contributed by atoms with Crippen LogP contribution in [0.15, 0.2) is 0 Å². The van der Waals surface area contributed by atoms with Crippen LogP contribution >= 0.6 is 12.2 Å². The first-order chi connectivity index (χ1) is 5.07. The Morgan fingerprint density at radius 3 is 2.45 bits per heavy atom. The Kier molecular flexibility index (Phi) is 5.32. The van der Waals surface area contributed by atoms with Crippen molar-refractivity contribution in [1.29, 1.82) is 0 Å². The molecule has 0 aromatic rings. The number of halogens is 1. The minimum absolute atomic E-state index is 0.298. The van der Waals surface area contributed by atoms with Crippen molar-refractivity contribution in [2.45, 2.75) is 19.9 Å². The SMILES string of the molecule is CC(C)N(CCF)CC(N)=S. The van der Waals surface area contributed by atoms with Crippen LogP contribution in [0.2, 0.25) is 0 Å². The van der Waals surface area contributed by atoms with Gasteiger partial charge in [-0.05, 0) is 13.8 Å². The summed E-state index contributed by atoms with van der Waals surface area (Å²) >= 11 is 4.72. The van der Waals surface area contributed by atoms with Crippen LogP contribution in [-0.4, -0.2) is 35.7 Å². The maximum absolute atomic E-state index is 11.9. The van der Waals surface area contributed by atoms with Crippen LogP contribution in [0.25, 0.3) is 0 Å². The summed E-state index contributed by atoms with van der Waals surface area (Å²) in [6, 6.07) is 0.298. The molecule has 0 bridgehead atoms. The quantitative estimate of drug-likeness (QED) is 0.636. The number of thiocarbonyl (C=S) groups is 1. The predicted octanol–water partition coefficient (Wildman–Crippen LogP) is 0.952. The van der Waals surface area contributed by atoms with Gasteiger partial charge in [-0.2, -0.15) is 0 Å².